The average Bonchev–Trinajstić information content (AvgIpc) is 2.76. The van der Waals surface area contributed by atoms with Crippen LogP contribution in [0.3, 0.4) is 0 Å². The number of nitrogens with zero attached hydrogens (tertiary/aromatic N) is 1. The Bertz CT molecular complexity index is 795. The first kappa shape index (κ1) is 17.6. The molecular formula is C16H21FN2O3S. The molecule has 0 unspecified atom stereocenters. The van der Waals surface area contributed by atoms with E-state index >= 15 is 0 Å². The lowest BCUT2D eigenvalue weighted by atomic mass is 10.0. The average molecular weight is 340 g/mol. The highest BCUT2D eigenvalue weighted by atomic mass is 32.2. The number of nitrogens with one attached hydrogen (secondary N) is 1. The molecule has 2 aromatic rings. The van der Waals surface area contributed by atoms with E-state index in [1.807, 2.05) is 27.7 Å². The summed E-state index contributed by atoms with van der Waals surface area (Å²) in [5.74, 6) is 0.0111. The van der Waals surface area contributed by atoms with Crippen molar-refractivity contribution in [1.82, 2.24) is 10.5 Å². The number of aryl methyl sites for hydroxylation is 2. The maximum absolute atomic E-state index is 14.0. The van der Waals surface area contributed by atoms with E-state index in [0.29, 0.717) is 5.56 Å². The molecule has 0 fully saturated rings. The van der Waals surface area contributed by atoms with Crippen LogP contribution < -0.4 is 5.32 Å². The number of hydrogen-bond donors (Lipinski definition) is 1. The topological polar surface area (TPSA) is 72.2 Å². The van der Waals surface area contributed by atoms with Crippen molar-refractivity contribution in [2.45, 2.75) is 44.7 Å². The van der Waals surface area contributed by atoms with Gasteiger partial charge in [-0.1, -0.05) is 11.2 Å². The van der Waals surface area contributed by atoms with Gasteiger partial charge in [-0.05, 0) is 45.4 Å². The van der Waals surface area contributed by atoms with Crippen LogP contribution in [0.2, 0.25) is 0 Å². The number of benzene rings is 1. The fraction of sp³-hybridized carbons (Fsp3) is 0.438. The third-order valence-electron chi connectivity index (χ3n) is 3.88. The van der Waals surface area contributed by atoms with E-state index in [9.17, 15) is 12.8 Å². The van der Waals surface area contributed by atoms with Crippen molar-refractivity contribution in [2.75, 3.05) is 6.26 Å². The molecule has 7 heteroatoms. The van der Waals surface area contributed by atoms with Crippen LogP contribution >= 0.6 is 0 Å². The quantitative estimate of drug-likeness (QED) is 0.904. The Morgan fingerprint density at radius 3 is 2.35 bits per heavy atom. The van der Waals surface area contributed by atoms with Crippen LogP contribution in [0, 0.1) is 19.7 Å². The zero-order chi connectivity index (χ0) is 17.4. The van der Waals surface area contributed by atoms with E-state index in [1.165, 1.54) is 12.1 Å². The molecule has 0 bridgehead atoms. The molecule has 5 nitrogen and oxygen atoms in total. The third-order valence-corrected chi connectivity index (χ3v) is 5.01. The number of hydrogen-bond acceptors (Lipinski definition) is 5. The van der Waals surface area contributed by atoms with Crippen LogP contribution in [0.25, 0.3) is 0 Å². The van der Waals surface area contributed by atoms with Crippen LogP contribution in [0.5, 0.6) is 0 Å². The lowest BCUT2D eigenvalue weighted by molar-refractivity contribution is 0.389. The van der Waals surface area contributed by atoms with Crippen LogP contribution in [-0.4, -0.2) is 19.8 Å². The number of halogens is 1. The Balaban J connectivity index is 2.21. The van der Waals surface area contributed by atoms with Crippen LogP contribution in [-0.2, 0) is 9.84 Å². The van der Waals surface area contributed by atoms with Crippen LogP contribution in [0.15, 0.2) is 27.6 Å². The van der Waals surface area contributed by atoms with Gasteiger partial charge in [0.05, 0.1) is 5.69 Å². The second-order valence-corrected chi connectivity index (χ2v) is 7.79. The molecule has 1 heterocycles. The van der Waals surface area contributed by atoms with E-state index < -0.39 is 15.7 Å². The van der Waals surface area contributed by atoms with E-state index in [-0.39, 0.29) is 17.0 Å². The summed E-state index contributed by atoms with van der Waals surface area (Å²) >= 11 is 0. The zero-order valence-corrected chi connectivity index (χ0v) is 14.7. The minimum atomic E-state index is -3.56. The van der Waals surface area contributed by atoms with Gasteiger partial charge in [0.15, 0.2) is 9.84 Å². The maximum Gasteiger partial charge on any atom is 0.178 e. The Labute approximate surface area is 135 Å². The van der Waals surface area contributed by atoms with E-state index in [0.717, 1.165) is 23.3 Å². The Morgan fingerprint density at radius 1 is 1.22 bits per heavy atom. The molecule has 1 aromatic carbocycles. The monoisotopic (exact) mass is 340 g/mol. The number of rotatable bonds is 5. The standard InChI is InChI=1S/C16H21FN2O3S/c1-9(18-10(2)16-11(3)19-22-12(16)4)13-6-7-15(14(17)8-13)23(5,20)21/h6-10,18H,1-5H3/t9-,10-/m0/s1. The molecule has 1 N–H and O–H groups in total. The van der Waals surface area contributed by atoms with E-state index in [2.05, 4.69) is 10.5 Å². The van der Waals surface area contributed by atoms with Gasteiger partial charge in [-0.25, -0.2) is 12.8 Å². The van der Waals surface area contributed by atoms with Gasteiger partial charge in [-0.3, -0.25) is 0 Å². The molecule has 23 heavy (non-hydrogen) atoms. The van der Waals surface area contributed by atoms with Crippen molar-refractivity contribution in [3.05, 3.63) is 46.6 Å². The predicted octanol–water partition coefficient (Wildman–Crippen LogP) is 3.25. The minimum Gasteiger partial charge on any atom is -0.361 e. The van der Waals surface area contributed by atoms with Gasteiger partial charge in [-0.15, -0.1) is 0 Å². The lowest BCUT2D eigenvalue weighted by Crippen LogP contribution is -2.23. The molecular weight excluding hydrogens is 319 g/mol. The molecule has 2 atom stereocenters. The molecule has 0 aliphatic carbocycles. The van der Waals surface area contributed by atoms with Crippen molar-refractivity contribution in [1.29, 1.82) is 0 Å². The summed E-state index contributed by atoms with van der Waals surface area (Å²) in [6, 6.07) is 3.99. The fourth-order valence-corrected chi connectivity index (χ4v) is 3.48. The first-order valence-corrected chi connectivity index (χ1v) is 9.18. The largest absolute Gasteiger partial charge is 0.361 e. The molecule has 0 saturated carbocycles. The summed E-state index contributed by atoms with van der Waals surface area (Å²) in [7, 11) is -3.56. The van der Waals surface area contributed by atoms with Crippen molar-refractivity contribution in [3.63, 3.8) is 0 Å². The van der Waals surface area contributed by atoms with Gasteiger partial charge in [0.25, 0.3) is 0 Å². The second-order valence-electron chi connectivity index (χ2n) is 5.81. The highest BCUT2D eigenvalue weighted by molar-refractivity contribution is 7.90. The SMILES string of the molecule is Cc1noc(C)c1[C@H](C)N[C@@H](C)c1ccc(S(C)(=O)=O)c(F)c1. The Kier molecular flexibility index (Phi) is 4.91. The molecule has 2 rings (SSSR count). The van der Waals surface area contributed by atoms with Crippen molar-refractivity contribution >= 4 is 9.84 Å². The second kappa shape index (κ2) is 6.41. The first-order valence-electron chi connectivity index (χ1n) is 7.29. The molecule has 0 aliphatic rings. The maximum atomic E-state index is 14.0. The third kappa shape index (κ3) is 3.79. The number of aromatic nitrogens is 1. The van der Waals surface area contributed by atoms with Gasteiger partial charge in [0.2, 0.25) is 0 Å². The van der Waals surface area contributed by atoms with Crippen molar-refractivity contribution < 1.29 is 17.3 Å². The Hall–Kier alpha value is -1.73. The highest BCUT2D eigenvalue weighted by Gasteiger charge is 2.20. The molecule has 0 aliphatic heterocycles. The molecule has 126 valence electrons. The van der Waals surface area contributed by atoms with Gasteiger partial charge in [-0.2, -0.15) is 0 Å². The van der Waals surface area contributed by atoms with Gasteiger partial charge < -0.3 is 9.84 Å². The highest BCUT2D eigenvalue weighted by Crippen LogP contribution is 2.26. The normalized spacial score (nSPS) is 14.7. The molecule has 0 spiro atoms. The van der Waals surface area contributed by atoms with Gasteiger partial charge in [0, 0.05) is 23.9 Å². The van der Waals surface area contributed by atoms with E-state index in [1.54, 1.807) is 6.07 Å². The summed E-state index contributed by atoms with van der Waals surface area (Å²) in [6.07, 6.45) is 0.992. The molecule has 0 saturated heterocycles. The van der Waals surface area contributed by atoms with Gasteiger partial charge in [0.1, 0.15) is 16.5 Å². The predicted molar refractivity (Wildman–Crippen MR) is 85.5 cm³/mol. The first-order chi connectivity index (χ1) is 10.6. The molecule has 0 radical (unpaired) electrons. The summed E-state index contributed by atoms with van der Waals surface area (Å²) < 4.78 is 42.1. The molecule has 0 amide bonds. The number of sulfone groups is 1. The smallest absolute Gasteiger partial charge is 0.178 e. The van der Waals surface area contributed by atoms with Crippen LogP contribution in [0.4, 0.5) is 4.39 Å². The zero-order valence-electron chi connectivity index (χ0n) is 13.8. The van der Waals surface area contributed by atoms with Crippen molar-refractivity contribution in [3.8, 4) is 0 Å². The van der Waals surface area contributed by atoms with Crippen LogP contribution in [0.1, 0.15) is 48.5 Å². The molecule has 1 aromatic heterocycles. The lowest BCUT2D eigenvalue weighted by Gasteiger charge is -2.21. The summed E-state index contributed by atoms with van der Waals surface area (Å²) in [5, 5.41) is 7.28. The summed E-state index contributed by atoms with van der Waals surface area (Å²) in [5.41, 5.74) is 2.46. The van der Waals surface area contributed by atoms with Gasteiger partial charge >= 0.3 is 0 Å². The summed E-state index contributed by atoms with van der Waals surface area (Å²) in [6.45, 7) is 7.59. The fourth-order valence-electron chi connectivity index (χ4n) is 2.75. The Morgan fingerprint density at radius 2 is 1.87 bits per heavy atom. The minimum absolute atomic E-state index is 0.0334. The van der Waals surface area contributed by atoms with Crippen molar-refractivity contribution in [2.24, 2.45) is 0 Å². The van der Waals surface area contributed by atoms with E-state index in [4.69, 9.17) is 4.52 Å². The summed E-state index contributed by atoms with van der Waals surface area (Å²) in [4.78, 5) is -0.285.